The first-order chi connectivity index (χ1) is 10.2. The first kappa shape index (κ1) is 17.4. The Morgan fingerprint density at radius 1 is 1.36 bits per heavy atom. The number of ether oxygens (including phenoxy) is 1. The van der Waals surface area contributed by atoms with Crippen LogP contribution in [-0.4, -0.2) is 56.3 Å². The number of aliphatic hydroxyl groups is 2. The van der Waals surface area contributed by atoms with Crippen molar-refractivity contribution < 1.29 is 27.9 Å². The summed E-state index contributed by atoms with van der Waals surface area (Å²) in [7, 11) is -2.28. The Balaban J connectivity index is 2.16. The molecule has 0 aliphatic heterocycles. The molecule has 0 aromatic carbocycles. The molecular formula is C13H22N2O6S. The molecule has 0 amide bonds. The summed E-state index contributed by atoms with van der Waals surface area (Å²) in [6.07, 6.45) is -1.21. The van der Waals surface area contributed by atoms with Gasteiger partial charge in [0.05, 0.1) is 18.8 Å². The van der Waals surface area contributed by atoms with Gasteiger partial charge in [-0.1, -0.05) is 5.16 Å². The van der Waals surface area contributed by atoms with Crippen LogP contribution in [0.3, 0.4) is 0 Å². The van der Waals surface area contributed by atoms with E-state index in [-0.39, 0.29) is 42.3 Å². The third kappa shape index (κ3) is 3.33. The Kier molecular flexibility index (Phi) is 4.93. The van der Waals surface area contributed by atoms with Crippen molar-refractivity contribution in [3.8, 4) is 0 Å². The lowest BCUT2D eigenvalue weighted by atomic mass is 9.87. The van der Waals surface area contributed by atoms with E-state index in [9.17, 15) is 18.6 Å². The number of rotatable bonds is 6. The minimum Gasteiger partial charge on any atom is -0.390 e. The van der Waals surface area contributed by atoms with Crippen LogP contribution < -0.4 is 4.72 Å². The zero-order valence-electron chi connectivity index (χ0n) is 12.9. The van der Waals surface area contributed by atoms with Crippen LogP contribution in [0.2, 0.25) is 0 Å². The van der Waals surface area contributed by atoms with Crippen molar-refractivity contribution in [2.75, 3.05) is 20.3 Å². The van der Waals surface area contributed by atoms with Crippen LogP contribution in [0.15, 0.2) is 9.42 Å². The predicted molar refractivity (Wildman–Crippen MR) is 76.7 cm³/mol. The lowest BCUT2D eigenvalue weighted by Gasteiger charge is -2.28. The number of aryl methyl sites for hydroxylation is 2. The average Bonchev–Trinajstić information content (AvgIpc) is 2.90. The summed E-state index contributed by atoms with van der Waals surface area (Å²) < 4.78 is 37.4. The molecule has 2 atom stereocenters. The molecule has 1 aromatic heterocycles. The van der Waals surface area contributed by atoms with E-state index < -0.39 is 27.6 Å². The number of methoxy groups -OCH3 is 1. The lowest BCUT2D eigenvalue weighted by Crippen LogP contribution is -2.39. The fourth-order valence-electron chi connectivity index (χ4n) is 3.04. The van der Waals surface area contributed by atoms with E-state index in [1.54, 1.807) is 6.92 Å². The normalized spacial score (nSPS) is 29.1. The Bertz CT molecular complexity index is 597. The van der Waals surface area contributed by atoms with E-state index in [0.717, 1.165) is 0 Å². The summed E-state index contributed by atoms with van der Waals surface area (Å²) in [5.74, 6) is 0.220. The van der Waals surface area contributed by atoms with Gasteiger partial charge in [0.25, 0.3) is 0 Å². The molecule has 0 saturated heterocycles. The minimum absolute atomic E-state index is 0.0270. The van der Waals surface area contributed by atoms with Gasteiger partial charge in [-0.3, -0.25) is 0 Å². The highest BCUT2D eigenvalue weighted by Crippen LogP contribution is 2.38. The van der Waals surface area contributed by atoms with E-state index >= 15 is 0 Å². The quantitative estimate of drug-likeness (QED) is 0.654. The molecule has 9 heteroatoms. The zero-order chi connectivity index (χ0) is 16.5. The fraction of sp³-hybridized carbons (Fsp3) is 0.769. The van der Waals surface area contributed by atoms with Gasteiger partial charge >= 0.3 is 0 Å². The summed E-state index contributed by atoms with van der Waals surface area (Å²) in [4.78, 5) is 0.0270. The van der Waals surface area contributed by atoms with Crippen molar-refractivity contribution >= 4 is 10.0 Å². The maximum absolute atomic E-state index is 12.4. The van der Waals surface area contributed by atoms with E-state index in [1.807, 2.05) is 0 Å². The van der Waals surface area contributed by atoms with Crippen molar-refractivity contribution in [3.05, 3.63) is 11.5 Å². The third-order valence-corrected chi connectivity index (χ3v) is 5.70. The second-order valence-corrected chi connectivity index (χ2v) is 7.66. The van der Waals surface area contributed by atoms with Gasteiger partial charge in [0.2, 0.25) is 10.0 Å². The predicted octanol–water partition coefficient (Wildman–Crippen LogP) is -0.282. The van der Waals surface area contributed by atoms with Crippen LogP contribution in [-0.2, 0) is 14.8 Å². The maximum Gasteiger partial charge on any atom is 0.245 e. The highest BCUT2D eigenvalue weighted by atomic mass is 32.2. The van der Waals surface area contributed by atoms with Gasteiger partial charge < -0.3 is 19.5 Å². The van der Waals surface area contributed by atoms with Crippen LogP contribution in [0.4, 0.5) is 0 Å². The van der Waals surface area contributed by atoms with Crippen molar-refractivity contribution in [2.24, 2.45) is 5.41 Å². The molecule has 1 aliphatic rings. The van der Waals surface area contributed by atoms with E-state index in [2.05, 4.69) is 9.88 Å². The van der Waals surface area contributed by atoms with Crippen LogP contribution in [0.25, 0.3) is 0 Å². The van der Waals surface area contributed by atoms with Gasteiger partial charge in [-0.25, -0.2) is 13.1 Å². The Hall–Kier alpha value is -1.00. The molecule has 2 rings (SSSR count). The summed E-state index contributed by atoms with van der Waals surface area (Å²) >= 11 is 0. The first-order valence-electron chi connectivity index (χ1n) is 6.98. The van der Waals surface area contributed by atoms with Crippen LogP contribution in [0.5, 0.6) is 0 Å². The van der Waals surface area contributed by atoms with Crippen molar-refractivity contribution in [2.45, 2.75) is 43.8 Å². The molecule has 0 bridgehead atoms. The number of nitrogens with zero attached hydrogens (tertiary/aromatic N) is 1. The smallest absolute Gasteiger partial charge is 0.245 e. The summed E-state index contributed by atoms with van der Waals surface area (Å²) in [6, 6.07) is 0. The van der Waals surface area contributed by atoms with Crippen molar-refractivity contribution in [1.29, 1.82) is 0 Å². The van der Waals surface area contributed by atoms with Crippen molar-refractivity contribution in [3.63, 3.8) is 0 Å². The van der Waals surface area contributed by atoms with Gasteiger partial charge in [-0.05, 0) is 26.7 Å². The molecule has 22 heavy (non-hydrogen) atoms. The molecule has 0 spiro atoms. The average molecular weight is 334 g/mol. The topological polar surface area (TPSA) is 122 Å². The largest absolute Gasteiger partial charge is 0.390 e. The SMILES string of the molecule is COCC1(CNS(=O)(=O)c2c(C)noc2C)CC(O)C(O)C1. The molecule has 1 aromatic rings. The first-order valence-corrected chi connectivity index (χ1v) is 8.47. The van der Waals surface area contributed by atoms with E-state index in [4.69, 9.17) is 9.26 Å². The molecule has 0 radical (unpaired) electrons. The molecule has 2 unspecified atom stereocenters. The number of aliphatic hydroxyl groups excluding tert-OH is 2. The van der Waals surface area contributed by atoms with Crippen molar-refractivity contribution in [1.82, 2.24) is 9.88 Å². The highest BCUT2D eigenvalue weighted by molar-refractivity contribution is 7.89. The molecule has 1 heterocycles. The zero-order valence-corrected chi connectivity index (χ0v) is 13.7. The maximum atomic E-state index is 12.4. The number of aromatic nitrogens is 1. The minimum atomic E-state index is -3.78. The van der Waals surface area contributed by atoms with E-state index in [0.29, 0.717) is 0 Å². The number of nitrogens with one attached hydrogen (secondary N) is 1. The van der Waals surface area contributed by atoms with Gasteiger partial charge in [0.1, 0.15) is 10.6 Å². The third-order valence-electron chi connectivity index (χ3n) is 4.05. The Labute approximate surface area is 129 Å². The van der Waals surface area contributed by atoms with Gasteiger partial charge in [-0.2, -0.15) is 0 Å². The highest BCUT2D eigenvalue weighted by Gasteiger charge is 2.45. The van der Waals surface area contributed by atoms with E-state index in [1.165, 1.54) is 14.0 Å². The molecule has 1 fully saturated rings. The molecule has 1 aliphatic carbocycles. The number of sulfonamides is 1. The van der Waals surface area contributed by atoms with Crippen LogP contribution in [0.1, 0.15) is 24.3 Å². The Morgan fingerprint density at radius 2 is 1.95 bits per heavy atom. The molecule has 126 valence electrons. The fourth-order valence-corrected chi connectivity index (χ4v) is 4.52. The summed E-state index contributed by atoms with van der Waals surface area (Å²) in [6.45, 7) is 3.38. The lowest BCUT2D eigenvalue weighted by molar-refractivity contribution is 0.0438. The Morgan fingerprint density at radius 3 is 2.41 bits per heavy atom. The second kappa shape index (κ2) is 6.25. The number of hydrogen-bond donors (Lipinski definition) is 3. The van der Waals surface area contributed by atoms with Gasteiger partial charge in [-0.15, -0.1) is 0 Å². The molecule has 8 nitrogen and oxygen atoms in total. The van der Waals surface area contributed by atoms with Gasteiger partial charge in [0.15, 0.2) is 5.76 Å². The molecular weight excluding hydrogens is 312 g/mol. The van der Waals surface area contributed by atoms with Crippen LogP contribution >= 0.6 is 0 Å². The molecule has 1 saturated carbocycles. The van der Waals surface area contributed by atoms with Gasteiger partial charge in [0, 0.05) is 19.1 Å². The van der Waals surface area contributed by atoms with Crippen LogP contribution in [0, 0.1) is 19.3 Å². The monoisotopic (exact) mass is 334 g/mol. The summed E-state index contributed by atoms with van der Waals surface area (Å²) in [5.41, 5.74) is -0.350. The number of hydrogen-bond acceptors (Lipinski definition) is 7. The summed E-state index contributed by atoms with van der Waals surface area (Å²) in [5, 5.41) is 23.1. The molecule has 3 N–H and O–H groups in total. The standard InChI is InChI=1S/C13H22N2O6S/c1-8-12(9(2)21-15-8)22(18,19)14-6-13(7-20-3)4-10(16)11(17)5-13/h10-11,14,16-17H,4-7H2,1-3H3. The second-order valence-electron chi connectivity index (χ2n) is 5.95.